The minimum Gasteiger partial charge on any atom is -0.353 e. The summed E-state index contributed by atoms with van der Waals surface area (Å²) in [7, 11) is 0. The highest BCUT2D eigenvalue weighted by atomic mass is 15.1. The van der Waals surface area contributed by atoms with Gasteiger partial charge in [-0.3, -0.25) is 0 Å². The molecule has 3 heterocycles. The molecule has 3 nitrogen and oxygen atoms in total. The molecule has 0 atom stereocenters. The number of fused-ring (bicyclic) bond motifs is 5. The molecule has 0 amide bonds. The van der Waals surface area contributed by atoms with Gasteiger partial charge in [0.2, 0.25) is 0 Å². The molecule has 7 aromatic rings. The van der Waals surface area contributed by atoms with Crippen LogP contribution >= 0.6 is 0 Å². The van der Waals surface area contributed by atoms with Crippen molar-refractivity contribution >= 4 is 44.4 Å². The molecular formula is C32H23N3. The molecule has 1 N–H and O–H groups in total. The average molecular weight is 450 g/mol. The summed E-state index contributed by atoms with van der Waals surface area (Å²) >= 11 is 0. The standard InChI is InChI=1S/C32H23N3/c1-3-13-24(14-4-1)35(25-15-5-2-6-16-25)26-17-11-12-23(22-26)32-31-30(29-20-9-10-21-34(29)32)27-18-7-8-19-28(27)33-31/h1-22,33H. The third-order valence-electron chi connectivity index (χ3n) is 6.71. The fraction of sp³-hybridized carbons (Fsp3) is 0. The smallest absolute Gasteiger partial charge is 0.0772 e. The maximum absolute atomic E-state index is 3.71. The van der Waals surface area contributed by atoms with E-state index in [4.69, 9.17) is 0 Å². The molecule has 7 rings (SSSR count). The zero-order valence-corrected chi connectivity index (χ0v) is 19.1. The molecule has 0 unspecified atom stereocenters. The Hall–Kier alpha value is -4.76. The lowest BCUT2D eigenvalue weighted by atomic mass is 10.1. The van der Waals surface area contributed by atoms with Gasteiger partial charge in [-0.15, -0.1) is 0 Å². The number of aromatic amines is 1. The van der Waals surface area contributed by atoms with Crippen LogP contribution in [-0.2, 0) is 0 Å². The number of nitrogens with zero attached hydrogens (tertiary/aromatic N) is 2. The molecule has 0 saturated carbocycles. The maximum Gasteiger partial charge on any atom is 0.0772 e. The summed E-state index contributed by atoms with van der Waals surface area (Å²) in [6.07, 6.45) is 2.16. The highest BCUT2D eigenvalue weighted by Gasteiger charge is 2.19. The summed E-state index contributed by atoms with van der Waals surface area (Å²) in [6.45, 7) is 0. The number of anilines is 3. The van der Waals surface area contributed by atoms with Gasteiger partial charge in [-0.05, 0) is 54.6 Å². The van der Waals surface area contributed by atoms with Gasteiger partial charge in [0.05, 0.1) is 16.7 Å². The van der Waals surface area contributed by atoms with Crippen molar-refractivity contribution in [2.24, 2.45) is 0 Å². The highest BCUT2D eigenvalue weighted by Crippen LogP contribution is 2.41. The molecular weight excluding hydrogens is 426 g/mol. The molecule has 0 bridgehead atoms. The van der Waals surface area contributed by atoms with E-state index >= 15 is 0 Å². The van der Waals surface area contributed by atoms with Crippen molar-refractivity contribution in [2.75, 3.05) is 4.90 Å². The number of H-pyrrole nitrogens is 1. The quantitative estimate of drug-likeness (QED) is 0.285. The van der Waals surface area contributed by atoms with Crippen molar-refractivity contribution in [3.8, 4) is 11.3 Å². The van der Waals surface area contributed by atoms with E-state index in [1.165, 1.54) is 33.1 Å². The van der Waals surface area contributed by atoms with Gasteiger partial charge in [0.1, 0.15) is 0 Å². The molecule has 0 radical (unpaired) electrons. The number of aromatic nitrogens is 2. The van der Waals surface area contributed by atoms with Gasteiger partial charge in [0.15, 0.2) is 0 Å². The van der Waals surface area contributed by atoms with E-state index < -0.39 is 0 Å². The zero-order valence-electron chi connectivity index (χ0n) is 19.1. The molecule has 3 aromatic heterocycles. The Kier molecular flexibility index (Phi) is 4.46. The monoisotopic (exact) mass is 449 g/mol. The predicted molar refractivity (Wildman–Crippen MR) is 147 cm³/mol. The molecule has 0 spiro atoms. The summed E-state index contributed by atoms with van der Waals surface area (Å²) in [5.74, 6) is 0. The van der Waals surface area contributed by atoms with Gasteiger partial charge in [-0.1, -0.05) is 72.8 Å². The van der Waals surface area contributed by atoms with Crippen LogP contribution in [0.1, 0.15) is 0 Å². The van der Waals surface area contributed by atoms with E-state index in [1.807, 2.05) is 0 Å². The van der Waals surface area contributed by atoms with Crippen molar-refractivity contribution in [3.63, 3.8) is 0 Å². The number of nitrogens with one attached hydrogen (secondary N) is 1. The van der Waals surface area contributed by atoms with Crippen LogP contribution in [0.4, 0.5) is 17.1 Å². The summed E-state index contributed by atoms with van der Waals surface area (Å²) in [4.78, 5) is 6.02. The number of pyridine rings is 1. The van der Waals surface area contributed by atoms with E-state index in [0.717, 1.165) is 22.6 Å². The molecule has 0 aliphatic rings. The Morgan fingerprint density at radius 2 is 1.23 bits per heavy atom. The van der Waals surface area contributed by atoms with Gasteiger partial charge in [-0.25, -0.2) is 0 Å². The second kappa shape index (κ2) is 7.93. The second-order valence-corrected chi connectivity index (χ2v) is 8.78. The topological polar surface area (TPSA) is 23.4 Å². The van der Waals surface area contributed by atoms with Crippen LogP contribution in [0.2, 0.25) is 0 Å². The summed E-state index contributed by atoms with van der Waals surface area (Å²) in [5.41, 5.74) is 9.27. The first-order valence-electron chi connectivity index (χ1n) is 11.9. The molecule has 166 valence electrons. The van der Waals surface area contributed by atoms with Crippen LogP contribution in [0.25, 0.3) is 38.6 Å². The van der Waals surface area contributed by atoms with Gasteiger partial charge in [0, 0.05) is 45.1 Å². The molecule has 0 aliphatic carbocycles. The SMILES string of the molecule is c1ccc(N(c2ccccc2)c2cccc(-c3c4[nH]c5ccccc5c4c4ccccn34)c2)cc1. The van der Waals surface area contributed by atoms with Gasteiger partial charge in [0.25, 0.3) is 0 Å². The number of hydrogen-bond donors (Lipinski definition) is 1. The van der Waals surface area contributed by atoms with Crippen LogP contribution in [-0.4, -0.2) is 9.38 Å². The van der Waals surface area contributed by atoms with Crippen LogP contribution in [0.15, 0.2) is 134 Å². The van der Waals surface area contributed by atoms with Gasteiger partial charge >= 0.3 is 0 Å². The van der Waals surface area contributed by atoms with E-state index in [0.29, 0.717) is 0 Å². The molecule has 0 saturated heterocycles. The normalized spacial score (nSPS) is 11.4. The van der Waals surface area contributed by atoms with Crippen molar-refractivity contribution in [1.82, 2.24) is 9.38 Å². The van der Waals surface area contributed by atoms with Crippen molar-refractivity contribution in [3.05, 3.63) is 134 Å². The third kappa shape index (κ3) is 3.13. The first kappa shape index (κ1) is 19.7. The molecule has 0 fully saturated rings. The number of para-hydroxylation sites is 3. The number of rotatable bonds is 4. The van der Waals surface area contributed by atoms with E-state index in [2.05, 4.69) is 148 Å². The highest BCUT2D eigenvalue weighted by molar-refractivity contribution is 6.19. The van der Waals surface area contributed by atoms with Crippen LogP contribution in [0, 0.1) is 0 Å². The minimum atomic E-state index is 1.12. The summed E-state index contributed by atoms with van der Waals surface area (Å²) < 4.78 is 2.31. The Balaban J connectivity index is 1.49. The van der Waals surface area contributed by atoms with Crippen LogP contribution in [0.3, 0.4) is 0 Å². The molecule has 35 heavy (non-hydrogen) atoms. The molecule has 0 aliphatic heterocycles. The number of hydrogen-bond acceptors (Lipinski definition) is 1. The summed E-state index contributed by atoms with van der Waals surface area (Å²) in [5, 5.41) is 2.52. The van der Waals surface area contributed by atoms with Crippen molar-refractivity contribution in [2.45, 2.75) is 0 Å². The van der Waals surface area contributed by atoms with E-state index in [9.17, 15) is 0 Å². The first-order chi connectivity index (χ1) is 17.4. The van der Waals surface area contributed by atoms with Crippen LogP contribution in [0.5, 0.6) is 0 Å². The maximum atomic E-state index is 3.71. The average Bonchev–Trinajstić information content (AvgIpc) is 3.45. The van der Waals surface area contributed by atoms with Gasteiger partial charge in [-0.2, -0.15) is 0 Å². The van der Waals surface area contributed by atoms with E-state index in [1.54, 1.807) is 0 Å². The minimum absolute atomic E-state index is 1.12. The first-order valence-corrected chi connectivity index (χ1v) is 11.9. The van der Waals surface area contributed by atoms with Gasteiger partial charge < -0.3 is 14.3 Å². The molecule has 3 heteroatoms. The van der Waals surface area contributed by atoms with Crippen molar-refractivity contribution in [1.29, 1.82) is 0 Å². The lowest BCUT2D eigenvalue weighted by Crippen LogP contribution is -2.09. The van der Waals surface area contributed by atoms with E-state index in [-0.39, 0.29) is 0 Å². The Labute approximate surface area is 203 Å². The summed E-state index contributed by atoms with van der Waals surface area (Å²) in [6, 6.07) is 44.9. The fourth-order valence-electron chi connectivity index (χ4n) is 5.22. The van der Waals surface area contributed by atoms with Crippen LogP contribution < -0.4 is 4.90 Å². The lowest BCUT2D eigenvalue weighted by molar-refractivity contribution is 1.20. The predicted octanol–water partition coefficient (Wildman–Crippen LogP) is 8.71. The largest absolute Gasteiger partial charge is 0.353 e. The second-order valence-electron chi connectivity index (χ2n) is 8.78. The fourth-order valence-corrected chi connectivity index (χ4v) is 5.22. The van der Waals surface area contributed by atoms with Crippen molar-refractivity contribution < 1.29 is 0 Å². The lowest BCUT2D eigenvalue weighted by Gasteiger charge is -2.25. The Morgan fingerprint density at radius 1 is 0.571 bits per heavy atom. The zero-order chi connectivity index (χ0) is 23.2. The number of benzene rings is 4. The molecule has 4 aromatic carbocycles. The Bertz CT molecular complexity index is 1750. The third-order valence-corrected chi connectivity index (χ3v) is 6.71. The Morgan fingerprint density at radius 3 is 2.00 bits per heavy atom.